The van der Waals surface area contributed by atoms with Gasteiger partial charge in [-0.2, -0.15) is 0 Å². The molecule has 0 saturated heterocycles. The van der Waals surface area contributed by atoms with Gasteiger partial charge in [-0.3, -0.25) is 0 Å². The highest BCUT2D eigenvalue weighted by atomic mass is 79.9. The number of halogens is 1. The molecule has 0 fully saturated rings. The molecular formula is C19H15BrNO3-. The van der Waals surface area contributed by atoms with Gasteiger partial charge < -0.3 is 14.6 Å². The summed E-state index contributed by atoms with van der Waals surface area (Å²) in [7, 11) is 0. The van der Waals surface area contributed by atoms with Gasteiger partial charge in [0.25, 0.3) is 0 Å². The second-order valence-electron chi connectivity index (χ2n) is 5.38. The van der Waals surface area contributed by atoms with E-state index in [0.717, 1.165) is 22.2 Å². The Morgan fingerprint density at radius 1 is 1.17 bits per heavy atom. The second kappa shape index (κ2) is 7.01. The van der Waals surface area contributed by atoms with Crippen LogP contribution < -0.4 is 9.84 Å². The minimum absolute atomic E-state index is 0.127. The number of aromatic nitrogens is 1. The van der Waals surface area contributed by atoms with Gasteiger partial charge in [0.05, 0.1) is 23.8 Å². The molecular weight excluding hydrogens is 370 g/mol. The first-order chi connectivity index (χ1) is 11.6. The van der Waals surface area contributed by atoms with Gasteiger partial charge in [-0.1, -0.05) is 22.9 Å². The first-order valence-corrected chi connectivity index (χ1v) is 8.42. The molecule has 2 aromatic carbocycles. The summed E-state index contributed by atoms with van der Waals surface area (Å²) in [4.78, 5) is 16.1. The predicted octanol–water partition coefficient (Wildman–Crippen LogP) is 3.82. The van der Waals surface area contributed by atoms with Crippen molar-refractivity contribution >= 4 is 32.8 Å². The van der Waals surface area contributed by atoms with E-state index in [1.54, 1.807) is 18.2 Å². The zero-order chi connectivity index (χ0) is 17.1. The van der Waals surface area contributed by atoms with Gasteiger partial charge in [-0.25, -0.2) is 4.98 Å². The van der Waals surface area contributed by atoms with Crippen LogP contribution in [0.15, 0.2) is 53.0 Å². The van der Waals surface area contributed by atoms with Crippen LogP contribution >= 0.6 is 15.9 Å². The normalized spacial score (nSPS) is 10.8. The number of carboxylic acids is 1. The van der Waals surface area contributed by atoms with Crippen LogP contribution in [0.1, 0.15) is 23.7 Å². The highest BCUT2D eigenvalue weighted by molar-refractivity contribution is 9.10. The molecule has 0 spiro atoms. The molecule has 0 aliphatic rings. The first kappa shape index (κ1) is 16.5. The number of fused-ring (bicyclic) bond motifs is 1. The lowest BCUT2D eigenvalue weighted by Gasteiger charge is -2.11. The third kappa shape index (κ3) is 3.41. The van der Waals surface area contributed by atoms with E-state index in [-0.39, 0.29) is 5.56 Å². The fourth-order valence-electron chi connectivity index (χ4n) is 2.46. The van der Waals surface area contributed by atoms with Crippen molar-refractivity contribution in [3.8, 4) is 17.0 Å². The minimum atomic E-state index is -1.22. The lowest BCUT2D eigenvalue weighted by atomic mass is 10.0. The molecule has 0 atom stereocenters. The molecule has 3 rings (SSSR count). The topological polar surface area (TPSA) is 62.2 Å². The Hall–Kier alpha value is -2.40. The van der Waals surface area contributed by atoms with E-state index in [1.165, 1.54) is 0 Å². The number of benzene rings is 2. The molecule has 1 heterocycles. The number of carbonyl (C=O) groups is 1. The SMILES string of the molecule is CCCOc1ccc(-c2cc(C(=O)[O-])c3cc(Br)ccc3n2)cc1. The summed E-state index contributed by atoms with van der Waals surface area (Å²) in [6.07, 6.45) is 0.943. The van der Waals surface area contributed by atoms with Gasteiger partial charge in [-0.15, -0.1) is 0 Å². The molecule has 4 nitrogen and oxygen atoms in total. The summed E-state index contributed by atoms with van der Waals surface area (Å²) in [5.41, 5.74) is 2.15. The van der Waals surface area contributed by atoms with E-state index >= 15 is 0 Å². The van der Waals surface area contributed by atoms with Crippen molar-refractivity contribution in [2.45, 2.75) is 13.3 Å². The Balaban J connectivity index is 2.06. The van der Waals surface area contributed by atoms with Crippen LogP contribution in [-0.2, 0) is 0 Å². The van der Waals surface area contributed by atoms with Crippen LogP contribution in [0, 0.1) is 0 Å². The molecule has 0 N–H and O–H groups in total. The minimum Gasteiger partial charge on any atom is -0.545 e. The molecule has 0 bridgehead atoms. The standard InChI is InChI=1S/C19H16BrNO3/c1-2-9-24-14-6-3-12(4-7-14)18-11-16(19(22)23)15-10-13(20)5-8-17(15)21-18/h3-8,10-11H,2,9H2,1H3,(H,22,23)/p-1. The number of nitrogens with zero attached hydrogens (tertiary/aromatic N) is 1. The van der Waals surface area contributed by atoms with Gasteiger partial charge in [0.1, 0.15) is 5.75 Å². The summed E-state index contributed by atoms with van der Waals surface area (Å²) in [6, 6.07) is 14.4. The van der Waals surface area contributed by atoms with Crippen molar-refractivity contribution in [2.24, 2.45) is 0 Å². The van der Waals surface area contributed by atoms with Gasteiger partial charge in [-0.05, 0) is 55.0 Å². The first-order valence-electron chi connectivity index (χ1n) is 7.63. The number of ether oxygens (including phenoxy) is 1. The van der Waals surface area contributed by atoms with E-state index in [1.807, 2.05) is 37.3 Å². The van der Waals surface area contributed by atoms with Crippen LogP contribution in [0.4, 0.5) is 0 Å². The number of aromatic carboxylic acids is 1. The third-order valence-corrected chi connectivity index (χ3v) is 4.11. The monoisotopic (exact) mass is 384 g/mol. The zero-order valence-electron chi connectivity index (χ0n) is 13.1. The van der Waals surface area contributed by atoms with Crippen molar-refractivity contribution in [3.63, 3.8) is 0 Å². The molecule has 0 amide bonds. The van der Waals surface area contributed by atoms with Crippen LogP contribution in [0.2, 0.25) is 0 Å². The van der Waals surface area contributed by atoms with Crippen molar-refractivity contribution in [1.82, 2.24) is 4.98 Å². The number of pyridine rings is 1. The number of rotatable bonds is 5. The Kier molecular flexibility index (Phi) is 4.81. The second-order valence-corrected chi connectivity index (χ2v) is 6.29. The molecule has 0 radical (unpaired) electrons. The van der Waals surface area contributed by atoms with Gasteiger partial charge in [0, 0.05) is 21.0 Å². The number of hydrogen-bond donors (Lipinski definition) is 0. The predicted molar refractivity (Wildman–Crippen MR) is 95.0 cm³/mol. The maximum atomic E-state index is 11.5. The lowest BCUT2D eigenvalue weighted by molar-refractivity contribution is -0.254. The zero-order valence-corrected chi connectivity index (χ0v) is 14.7. The van der Waals surface area contributed by atoms with Crippen molar-refractivity contribution in [3.05, 3.63) is 58.6 Å². The summed E-state index contributed by atoms with van der Waals surface area (Å²) in [5, 5.41) is 12.1. The van der Waals surface area contributed by atoms with Gasteiger partial charge in [0.15, 0.2) is 0 Å². The fourth-order valence-corrected chi connectivity index (χ4v) is 2.82. The molecule has 24 heavy (non-hydrogen) atoms. The number of carboxylic acid groups (broad SMARTS) is 1. The van der Waals surface area contributed by atoms with E-state index in [4.69, 9.17) is 4.74 Å². The molecule has 0 aliphatic carbocycles. The third-order valence-electron chi connectivity index (χ3n) is 3.61. The maximum absolute atomic E-state index is 11.5. The van der Waals surface area contributed by atoms with Gasteiger partial charge in [0.2, 0.25) is 0 Å². The van der Waals surface area contributed by atoms with Crippen molar-refractivity contribution in [2.75, 3.05) is 6.61 Å². The van der Waals surface area contributed by atoms with E-state index in [2.05, 4.69) is 20.9 Å². The quantitative estimate of drug-likeness (QED) is 0.670. The summed E-state index contributed by atoms with van der Waals surface area (Å²) in [5.74, 6) is -0.435. The summed E-state index contributed by atoms with van der Waals surface area (Å²) < 4.78 is 6.36. The lowest BCUT2D eigenvalue weighted by Crippen LogP contribution is -2.22. The van der Waals surface area contributed by atoms with E-state index in [0.29, 0.717) is 23.2 Å². The highest BCUT2D eigenvalue weighted by Gasteiger charge is 2.09. The highest BCUT2D eigenvalue weighted by Crippen LogP contribution is 2.28. The Bertz CT molecular complexity index is 891. The number of hydrogen-bond acceptors (Lipinski definition) is 4. The Morgan fingerprint density at radius 3 is 2.58 bits per heavy atom. The average Bonchev–Trinajstić information content (AvgIpc) is 2.59. The molecule has 0 aliphatic heterocycles. The van der Waals surface area contributed by atoms with Crippen molar-refractivity contribution < 1.29 is 14.6 Å². The van der Waals surface area contributed by atoms with Crippen LogP contribution in [0.3, 0.4) is 0 Å². The van der Waals surface area contributed by atoms with Crippen LogP contribution in [0.5, 0.6) is 5.75 Å². The van der Waals surface area contributed by atoms with Crippen LogP contribution in [0.25, 0.3) is 22.2 Å². The number of carbonyl (C=O) groups excluding carboxylic acids is 1. The smallest absolute Gasteiger partial charge is 0.119 e. The van der Waals surface area contributed by atoms with Crippen molar-refractivity contribution in [1.29, 1.82) is 0 Å². The fraction of sp³-hybridized carbons (Fsp3) is 0.158. The summed E-state index contributed by atoms with van der Waals surface area (Å²) in [6.45, 7) is 2.71. The largest absolute Gasteiger partial charge is 0.545 e. The molecule has 0 unspecified atom stereocenters. The maximum Gasteiger partial charge on any atom is 0.119 e. The Morgan fingerprint density at radius 2 is 1.92 bits per heavy atom. The summed E-state index contributed by atoms with van der Waals surface area (Å²) >= 11 is 3.35. The molecule has 5 heteroatoms. The molecule has 122 valence electrons. The Labute approximate surface area is 148 Å². The van der Waals surface area contributed by atoms with Crippen LogP contribution in [-0.4, -0.2) is 17.6 Å². The molecule has 3 aromatic rings. The molecule has 0 saturated carbocycles. The van der Waals surface area contributed by atoms with Gasteiger partial charge >= 0.3 is 0 Å². The molecule has 1 aromatic heterocycles. The van der Waals surface area contributed by atoms with E-state index in [9.17, 15) is 9.90 Å². The van der Waals surface area contributed by atoms with E-state index < -0.39 is 5.97 Å². The average molecular weight is 385 g/mol.